The van der Waals surface area contributed by atoms with Crippen molar-refractivity contribution in [2.45, 2.75) is 6.42 Å². The molecule has 0 rings (SSSR count). The first-order valence-electron chi connectivity index (χ1n) is 3.43. The molecule has 0 saturated heterocycles. The molecule has 10 heavy (non-hydrogen) atoms. The minimum atomic E-state index is 0.685. The van der Waals surface area contributed by atoms with Crippen LogP contribution in [0.5, 0.6) is 0 Å². The molecule has 0 saturated carbocycles. The fourth-order valence-electron chi connectivity index (χ4n) is 0.480. The van der Waals surface area contributed by atoms with E-state index in [0.717, 1.165) is 13.2 Å². The van der Waals surface area contributed by atoms with Crippen molar-refractivity contribution in [2.24, 2.45) is 0 Å². The maximum atomic E-state index is 5.20. The van der Waals surface area contributed by atoms with Gasteiger partial charge in [0.05, 0.1) is 13.2 Å². The lowest BCUT2D eigenvalue weighted by Gasteiger charge is -2.08. The number of rotatable bonds is 5. The lowest BCUT2D eigenvalue weighted by atomic mass is 10.5. The van der Waals surface area contributed by atoms with Crippen LogP contribution in [0.4, 0.5) is 0 Å². The van der Waals surface area contributed by atoms with E-state index in [1.807, 2.05) is 14.1 Å². The van der Waals surface area contributed by atoms with E-state index < -0.39 is 0 Å². The molecule has 0 spiro atoms. The molecule has 0 aromatic heterocycles. The predicted octanol–water partition coefficient (Wildman–Crippen LogP) is 0.588. The van der Waals surface area contributed by atoms with Crippen LogP contribution in [0.25, 0.3) is 0 Å². The number of likely N-dealkylation sites (N-methyl/N-ethyl adjacent to an activating group) is 1. The van der Waals surface area contributed by atoms with Crippen molar-refractivity contribution in [1.29, 1.82) is 0 Å². The van der Waals surface area contributed by atoms with E-state index in [9.17, 15) is 0 Å². The van der Waals surface area contributed by atoms with E-state index in [0.29, 0.717) is 13.0 Å². The van der Waals surface area contributed by atoms with Gasteiger partial charge in [-0.05, 0) is 14.1 Å². The zero-order chi connectivity index (χ0) is 7.82. The van der Waals surface area contributed by atoms with Gasteiger partial charge in [-0.2, -0.15) is 0 Å². The van der Waals surface area contributed by atoms with E-state index in [4.69, 9.17) is 11.2 Å². The Hall–Kier alpha value is -0.520. The van der Waals surface area contributed by atoms with Crippen LogP contribution in [0, 0.1) is 12.3 Å². The van der Waals surface area contributed by atoms with Crippen LogP contribution >= 0.6 is 0 Å². The second-order valence-corrected chi connectivity index (χ2v) is 2.37. The third-order valence-electron chi connectivity index (χ3n) is 1.07. The summed E-state index contributed by atoms with van der Waals surface area (Å²) in [4.78, 5) is 2.08. The molecule has 58 valence electrons. The van der Waals surface area contributed by atoms with Crippen LogP contribution in [-0.2, 0) is 4.74 Å². The fourth-order valence-corrected chi connectivity index (χ4v) is 0.480. The van der Waals surface area contributed by atoms with E-state index in [1.54, 1.807) is 0 Å². The van der Waals surface area contributed by atoms with Crippen LogP contribution < -0.4 is 0 Å². The van der Waals surface area contributed by atoms with Gasteiger partial charge in [0.1, 0.15) is 0 Å². The predicted molar refractivity (Wildman–Crippen MR) is 42.8 cm³/mol. The quantitative estimate of drug-likeness (QED) is 0.410. The summed E-state index contributed by atoms with van der Waals surface area (Å²) in [6, 6.07) is 0. The SMILES string of the molecule is C#CCCOCCN(C)C. The van der Waals surface area contributed by atoms with Crippen molar-refractivity contribution in [3.63, 3.8) is 0 Å². The molecule has 0 aliphatic rings. The Balaban J connectivity index is 2.86. The van der Waals surface area contributed by atoms with Crippen LogP contribution in [0.3, 0.4) is 0 Å². The van der Waals surface area contributed by atoms with Crippen molar-refractivity contribution in [3.05, 3.63) is 0 Å². The molecule has 0 fully saturated rings. The molecule has 0 bridgehead atoms. The lowest BCUT2D eigenvalue weighted by molar-refractivity contribution is 0.122. The second kappa shape index (κ2) is 6.60. The molecule has 0 unspecified atom stereocenters. The summed E-state index contributed by atoms with van der Waals surface area (Å²) in [5.74, 6) is 2.52. The zero-order valence-corrected chi connectivity index (χ0v) is 6.76. The Morgan fingerprint density at radius 2 is 2.10 bits per heavy atom. The Bertz CT molecular complexity index is 104. The molecule has 0 amide bonds. The molecular formula is C8H15NO. The van der Waals surface area contributed by atoms with Crippen LogP contribution in [-0.4, -0.2) is 38.8 Å². The summed E-state index contributed by atoms with van der Waals surface area (Å²) < 4.78 is 5.20. The molecule has 0 radical (unpaired) electrons. The Kier molecular flexibility index (Phi) is 6.25. The minimum absolute atomic E-state index is 0.685. The molecule has 2 heteroatoms. The van der Waals surface area contributed by atoms with Gasteiger partial charge in [0.25, 0.3) is 0 Å². The zero-order valence-electron chi connectivity index (χ0n) is 6.76. The standard InChI is InChI=1S/C8H15NO/c1-4-5-7-10-8-6-9(2)3/h1H,5-8H2,2-3H3. The average Bonchev–Trinajstić information content (AvgIpc) is 1.87. The maximum Gasteiger partial charge on any atom is 0.0593 e. The van der Waals surface area contributed by atoms with E-state index >= 15 is 0 Å². The maximum absolute atomic E-state index is 5.20. The summed E-state index contributed by atoms with van der Waals surface area (Å²) in [6.45, 7) is 2.42. The van der Waals surface area contributed by atoms with Gasteiger partial charge in [0.2, 0.25) is 0 Å². The fraction of sp³-hybridized carbons (Fsp3) is 0.750. The number of nitrogens with zero attached hydrogens (tertiary/aromatic N) is 1. The summed E-state index contributed by atoms with van der Waals surface area (Å²) in [6.07, 6.45) is 5.75. The third-order valence-corrected chi connectivity index (χ3v) is 1.07. The molecular weight excluding hydrogens is 126 g/mol. The average molecular weight is 141 g/mol. The van der Waals surface area contributed by atoms with Crippen molar-refractivity contribution in [1.82, 2.24) is 4.90 Å². The third kappa shape index (κ3) is 7.48. The number of hydrogen-bond acceptors (Lipinski definition) is 2. The minimum Gasteiger partial charge on any atom is -0.379 e. The van der Waals surface area contributed by atoms with E-state index in [2.05, 4.69) is 10.8 Å². The Morgan fingerprint density at radius 3 is 2.60 bits per heavy atom. The van der Waals surface area contributed by atoms with Gasteiger partial charge in [0.15, 0.2) is 0 Å². The lowest BCUT2D eigenvalue weighted by Crippen LogP contribution is -2.18. The molecule has 0 aromatic rings. The van der Waals surface area contributed by atoms with Crippen LogP contribution in [0.2, 0.25) is 0 Å². The topological polar surface area (TPSA) is 12.5 Å². The van der Waals surface area contributed by atoms with Crippen molar-refractivity contribution in [2.75, 3.05) is 33.9 Å². The van der Waals surface area contributed by atoms with Gasteiger partial charge >= 0.3 is 0 Å². The Morgan fingerprint density at radius 1 is 1.40 bits per heavy atom. The normalized spacial score (nSPS) is 9.80. The Labute approximate surface area is 63.2 Å². The molecule has 0 N–H and O–H groups in total. The van der Waals surface area contributed by atoms with Crippen molar-refractivity contribution in [3.8, 4) is 12.3 Å². The van der Waals surface area contributed by atoms with Crippen molar-refractivity contribution < 1.29 is 4.74 Å². The first-order chi connectivity index (χ1) is 4.77. The smallest absolute Gasteiger partial charge is 0.0593 e. The molecule has 2 nitrogen and oxygen atoms in total. The highest BCUT2D eigenvalue weighted by Gasteiger charge is 1.88. The molecule has 0 atom stereocenters. The van der Waals surface area contributed by atoms with Gasteiger partial charge in [0, 0.05) is 13.0 Å². The largest absolute Gasteiger partial charge is 0.379 e. The number of terminal acetylenes is 1. The molecule has 0 heterocycles. The molecule has 0 aliphatic heterocycles. The highest BCUT2D eigenvalue weighted by atomic mass is 16.5. The summed E-state index contributed by atoms with van der Waals surface area (Å²) in [7, 11) is 4.04. The van der Waals surface area contributed by atoms with Gasteiger partial charge < -0.3 is 9.64 Å². The monoisotopic (exact) mass is 141 g/mol. The number of ether oxygens (including phenoxy) is 1. The van der Waals surface area contributed by atoms with Gasteiger partial charge in [-0.1, -0.05) is 0 Å². The first-order valence-corrected chi connectivity index (χ1v) is 3.43. The molecule has 0 aliphatic carbocycles. The molecule has 0 aromatic carbocycles. The first kappa shape index (κ1) is 9.48. The highest BCUT2D eigenvalue weighted by Crippen LogP contribution is 1.81. The van der Waals surface area contributed by atoms with Crippen LogP contribution in [0.1, 0.15) is 6.42 Å². The summed E-state index contributed by atoms with van der Waals surface area (Å²) in [5.41, 5.74) is 0. The summed E-state index contributed by atoms with van der Waals surface area (Å²) >= 11 is 0. The van der Waals surface area contributed by atoms with Gasteiger partial charge in [-0.15, -0.1) is 12.3 Å². The second-order valence-electron chi connectivity index (χ2n) is 2.37. The number of hydrogen-bond donors (Lipinski definition) is 0. The van der Waals surface area contributed by atoms with E-state index in [1.165, 1.54) is 0 Å². The van der Waals surface area contributed by atoms with Gasteiger partial charge in [-0.25, -0.2) is 0 Å². The van der Waals surface area contributed by atoms with Gasteiger partial charge in [-0.3, -0.25) is 0 Å². The van der Waals surface area contributed by atoms with E-state index in [-0.39, 0.29) is 0 Å². The highest BCUT2D eigenvalue weighted by molar-refractivity contribution is 4.82. The van der Waals surface area contributed by atoms with Crippen LogP contribution in [0.15, 0.2) is 0 Å². The summed E-state index contributed by atoms with van der Waals surface area (Å²) in [5, 5.41) is 0. The van der Waals surface area contributed by atoms with Crippen molar-refractivity contribution >= 4 is 0 Å².